The van der Waals surface area contributed by atoms with Gasteiger partial charge in [-0.2, -0.15) is 0 Å². The molecule has 0 fully saturated rings. The van der Waals surface area contributed by atoms with Crippen LogP contribution in [0.2, 0.25) is 0 Å². The fraction of sp³-hybridized carbons (Fsp3) is 0.0435. The van der Waals surface area contributed by atoms with Crippen LogP contribution in [0.1, 0.15) is 12.5 Å². The Bertz CT molecular complexity index is 1160. The minimum atomic E-state index is -0.298. The molecule has 0 unspecified atom stereocenters. The van der Waals surface area contributed by atoms with Crippen LogP contribution in [0.3, 0.4) is 0 Å². The molecular formula is C23H17FN2O2. The Morgan fingerprint density at radius 2 is 1.71 bits per heavy atom. The van der Waals surface area contributed by atoms with Crippen LogP contribution in [0.4, 0.5) is 4.39 Å². The Morgan fingerprint density at radius 3 is 2.39 bits per heavy atom. The lowest BCUT2D eigenvalue weighted by atomic mass is 10.1. The monoisotopic (exact) mass is 372 g/mol. The summed E-state index contributed by atoms with van der Waals surface area (Å²) in [5, 5.41) is 0.946. The summed E-state index contributed by atoms with van der Waals surface area (Å²) in [6.45, 7) is 1.52. The second-order valence-corrected chi connectivity index (χ2v) is 6.39. The zero-order valence-corrected chi connectivity index (χ0v) is 15.1. The van der Waals surface area contributed by atoms with E-state index in [4.69, 9.17) is 4.74 Å². The lowest BCUT2D eigenvalue weighted by molar-refractivity contribution is -0.112. The number of allylic oxidation sites excluding steroid dienone is 1. The van der Waals surface area contributed by atoms with E-state index in [9.17, 15) is 9.18 Å². The molecule has 2 aromatic carbocycles. The molecule has 4 nitrogen and oxygen atoms in total. The zero-order chi connectivity index (χ0) is 19.5. The summed E-state index contributed by atoms with van der Waals surface area (Å²) >= 11 is 0. The van der Waals surface area contributed by atoms with Crippen molar-refractivity contribution in [2.45, 2.75) is 6.92 Å². The number of carbonyl (C=O) groups is 1. The number of hydrogen-bond donors (Lipinski definition) is 1. The first kappa shape index (κ1) is 17.7. The SMILES string of the molecule is CC(=O)/C=C/c1c[nH]c2ncc(-c3ccc(Oc4ccc(F)cc4)cc3)cc12. The van der Waals surface area contributed by atoms with E-state index >= 15 is 0 Å². The molecule has 0 radical (unpaired) electrons. The summed E-state index contributed by atoms with van der Waals surface area (Å²) in [7, 11) is 0. The molecule has 2 heterocycles. The third-order valence-corrected chi connectivity index (χ3v) is 4.30. The summed E-state index contributed by atoms with van der Waals surface area (Å²) < 4.78 is 18.7. The normalized spacial score (nSPS) is 11.2. The van der Waals surface area contributed by atoms with E-state index in [0.29, 0.717) is 11.5 Å². The molecule has 138 valence electrons. The summed E-state index contributed by atoms with van der Waals surface area (Å²) in [4.78, 5) is 18.8. The van der Waals surface area contributed by atoms with Crippen molar-refractivity contribution in [3.63, 3.8) is 0 Å². The largest absolute Gasteiger partial charge is 0.457 e. The van der Waals surface area contributed by atoms with Crippen LogP contribution in [0.5, 0.6) is 11.5 Å². The van der Waals surface area contributed by atoms with E-state index in [2.05, 4.69) is 9.97 Å². The number of nitrogens with one attached hydrogen (secondary N) is 1. The van der Waals surface area contributed by atoms with Gasteiger partial charge in [0.2, 0.25) is 0 Å². The van der Waals surface area contributed by atoms with Crippen molar-refractivity contribution in [2.75, 3.05) is 0 Å². The van der Waals surface area contributed by atoms with Crippen LogP contribution < -0.4 is 4.74 Å². The average Bonchev–Trinajstić information content (AvgIpc) is 3.11. The van der Waals surface area contributed by atoms with Gasteiger partial charge >= 0.3 is 0 Å². The Kier molecular flexibility index (Phi) is 4.72. The molecular weight excluding hydrogens is 355 g/mol. The van der Waals surface area contributed by atoms with Gasteiger partial charge < -0.3 is 9.72 Å². The van der Waals surface area contributed by atoms with Crippen molar-refractivity contribution in [2.24, 2.45) is 0 Å². The third kappa shape index (κ3) is 3.83. The van der Waals surface area contributed by atoms with Crippen LogP contribution in [0, 0.1) is 5.82 Å². The maximum atomic E-state index is 13.0. The molecule has 0 aliphatic carbocycles. The molecule has 0 spiro atoms. The van der Waals surface area contributed by atoms with E-state index in [-0.39, 0.29) is 11.6 Å². The zero-order valence-electron chi connectivity index (χ0n) is 15.1. The number of rotatable bonds is 5. The predicted molar refractivity (Wildman–Crippen MR) is 108 cm³/mol. The number of ketones is 1. The summed E-state index contributed by atoms with van der Waals surface area (Å²) in [6.07, 6.45) is 6.96. The highest BCUT2D eigenvalue weighted by atomic mass is 19.1. The second kappa shape index (κ2) is 7.48. The van der Waals surface area contributed by atoms with Crippen molar-refractivity contribution in [3.8, 4) is 22.6 Å². The molecule has 0 aliphatic rings. The lowest BCUT2D eigenvalue weighted by Gasteiger charge is -2.07. The molecule has 4 rings (SSSR count). The fourth-order valence-corrected chi connectivity index (χ4v) is 2.88. The number of halogens is 1. The molecule has 0 saturated carbocycles. The molecule has 2 aromatic heterocycles. The fourth-order valence-electron chi connectivity index (χ4n) is 2.88. The number of carbonyl (C=O) groups excluding carboxylic acids is 1. The van der Waals surface area contributed by atoms with Gasteiger partial charge in [-0.05, 0) is 67.1 Å². The van der Waals surface area contributed by atoms with Gasteiger partial charge in [0.15, 0.2) is 5.78 Å². The number of ether oxygens (including phenoxy) is 1. The number of H-pyrrole nitrogens is 1. The molecule has 0 bridgehead atoms. The van der Waals surface area contributed by atoms with Gasteiger partial charge in [0.05, 0.1) is 0 Å². The minimum absolute atomic E-state index is 0.00444. The van der Waals surface area contributed by atoms with Crippen molar-refractivity contribution in [1.29, 1.82) is 0 Å². The Morgan fingerprint density at radius 1 is 1.04 bits per heavy atom. The van der Waals surface area contributed by atoms with E-state index < -0.39 is 0 Å². The number of benzene rings is 2. The van der Waals surface area contributed by atoms with Crippen molar-refractivity contribution >= 4 is 22.9 Å². The summed E-state index contributed by atoms with van der Waals surface area (Å²) in [6, 6.07) is 15.5. The highest BCUT2D eigenvalue weighted by Gasteiger charge is 2.06. The predicted octanol–water partition coefficient (Wildman–Crippen LogP) is 5.76. The van der Waals surface area contributed by atoms with Crippen LogP contribution in [0.25, 0.3) is 28.2 Å². The van der Waals surface area contributed by atoms with Crippen LogP contribution in [0.15, 0.2) is 73.1 Å². The third-order valence-electron chi connectivity index (χ3n) is 4.30. The van der Waals surface area contributed by atoms with Gasteiger partial charge in [0.25, 0.3) is 0 Å². The molecule has 0 saturated heterocycles. The van der Waals surface area contributed by atoms with Gasteiger partial charge in [-0.3, -0.25) is 4.79 Å². The van der Waals surface area contributed by atoms with Gasteiger partial charge in [0.1, 0.15) is 23.0 Å². The first-order chi connectivity index (χ1) is 13.6. The topological polar surface area (TPSA) is 55.0 Å². The summed E-state index contributed by atoms with van der Waals surface area (Å²) in [5.74, 6) is 0.936. The summed E-state index contributed by atoms with van der Waals surface area (Å²) in [5.41, 5.74) is 3.63. The number of aromatic nitrogens is 2. The second-order valence-electron chi connectivity index (χ2n) is 6.39. The Balaban J connectivity index is 1.59. The Hall–Kier alpha value is -3.73. The average molecular weight is 372 g/mol. The lowest BCUT2D eigenvalue weighted by Crippen LogP contribution is -1.86. The van der Waals surface area contributed by atoms with Gasteiger partial charge in [0, 0.05) is 28.9 Å². The molecule has 5 heteroatoms. The Labute approximate surface area is 161 Å². The molecule has 0 aliphatic heterocycles. The van der Waals surface area contributed by atoms with Crippen molar-refractivity contribution in [1.82, 2.24) is 9.97 Å². The first-order valence-corrected chi connectivity index (χ1v) is 8.78. The number of hydrogen-bond acceptors (Lipinski definition) is 3. The number of nitrogens with zero attached hydrogens (tertiary/aromatic N) is 1. The van der Waals surface area contributed by atoms with Crippen molar-refractivity contribution in [3.05, 3.63) is 84.4 Å². The molecule has 0 amide bonds. The standard InChI is InChI=1S/C23H17FN2O2/c1-15(27)2-3-17-13-25-23-22(17)12-18(14-26-23)16-4-8-20(9-5-16)28-21-10-6-19(24)7-11-21/h2-14H,1H3,(H,25,26)/b3-2+. The van der Waals surface area contributed by atoms with Gasteiger partial charge in [-0.25, -0.2) is 9.37 Å². The van der Waals surface area contributed by atoms with Crippen LogP contribution >= 0.6 is 0 Å². The number of aromatic amines is 1. The molecule has 0 atom stereocenters. The van der Waals surface area contributed by atoms with E-state index in [0.717, 1.165) is 27.7 Å². The van der Waals surface area contributed by atoms with E-state index in [1.807, 2.05) is 36.5 Å². The smallest absolute Gasteiger partial charge is 0.152 e. The number of fused-ring (bicyclic) bond motifs is 1. The minimum Gasteiger partial charge on any atom is -0.457 e. The first-order valence-electron chi connectivity index (χ1n) is 8.78. The van der Waals surface area contributed by atoms with E-state index in [1.54, 1.807) is 24.4 Å². The maximum absolute atomic E-state index is 13.0. The van der Waals surface area contributed by atoms with Crippen molar-refractivity contribution < 1.29 is 13.9 Å². The van der Waals surface area contributed by atoms with Gasteiger partial charge in [-0.15, -0.1) is 0 Å². The molecule has 4 aromatic rings. The quantitative estimate of drug-likeness (QED) is 0.453. The van der Waals surface area contributed by atoms with Gasteiger partial charge in [-0.1, -0.05) is 12.1 Å². The van der Waals surface area contributed by atoms with E-state index in [1.165, 1.54) is 25.1 Å². The van der Waals surface area contributed by atoms with Crippen LogP contribution in [-0.2, 0) is 4.79 Å². The maximum Gasteiger partial charge on any atom is 0.152 e. The van der Waals surface area contributed by atoms with Crippen LogP contribution in [-0.4, -0.2) is 15.8 Å². The highest BCUT2D eigenvalue weighted by Crippen LogP contribution is 2.28. The molecule has 28 heavy (non-hydrogen) atoms. The molecule has 1 N–H and O–H groups in total. The highest BCUT2D eigenvalue weighted by molar-refractivity contribution is 5.96. The number of pyridine rings is 1.